The van der Waals surface area contributed by atoms with Gasteiger partial charge in [0.1, 0.15) is 23.3 Å². The molecule has 4 rings (SSSR count). The van der Waals surface area contributed by atoms with Crippen LogP contribution in [0.25, 0.3) is 16.8 Å². The summed E-state index contributed by atoms with van der Waals surface area (Å²) in [6, 6.07) is 5.45. The van der Waals surface area contributed by atoms with Gasteiger partial charge in [0.2, 0.25) is 0 Å². The molecule has 0 amide bonds. The summed E-state index contributed by atoms with van der Waals surface area (Å²) in [7, 11) is 0. The van der Waals surface area contributed by atoms with E-state index in [1.54, 1.807) is 0 Å². The number of halogens is 5. The van der Waals surface area contributed by atoms with Crippen molar-refractivity contribution in [2.75, 3.05) is 18.0 Å². The summed E-state index contributed by atoms with van der Waals surface area (Å²) in [5.74, 6) is -0.946. The van der Waals surface area contributed by atoms with Gasteiger partial charge >= 0.3 is 5.69 Å². The van der Waals surface area contributed by atoms with Crippen LogP contribution in [0, 0.1) is 17.1 Å². The SMILES string of the molecule is C[C@@H](C#N)n1c(N2CC[C@](O)(C(F)F)C2)c(-c2ccc(F)c(Cl)c2)c(=O)n(-c2cncc(Cl)c2)c1=O. The molecule has 1 aliphatic heterocycles. The van der Waals surface area contributed by atoms with Crippen LogP contribution >= 0.6 is 23.2 Å². The van der Waals surface area contributed by atoms with Crippen LogP contribution in [0.1, 0.15) is 19.4 Å². The average molecular weight is 540 g/mol. The fourth-order valence-electron chi connectivity index (χ4n) is 4.16. The Morgan fingerprint density at radius 3 is 2.53 bits per heavy atom. The number of nitriles is 1. The first-order valence-electron chi connectivity index (χ1n) is 10.6. The minimum Gasteiger partial charge on any atom is -0.382 e. The van der Waals surface area contributed by atoms with E-state index in [-0.39, 0.29) is 45.6 Å². The lowest BCUT2D eigenvalue weighted by Gasteiger charge is -2.29. The maximum atomic E-state index is 14.0. The molecule has 1 fully saturated rings. The van der Waals surface area contributed by atoms with Crippen molar-refractivity contribution in [1.82, 2.24) is 14.1 Å². The Hall–Kier alpha value is -3.33. The highest BCUT2D eigenvalue weighted by Gasteiger charge is 2.46. The van der Waals surface area contributed by atoms with Gasteiger partial charge in [-0.15, -0.1) is 0 Å². The molecule has 13 heteroatoms. The normalized spacial score (nSPS) is 18.5. The fourth-order valence-corrected chi connectivity index (χ4v) is 4.51. The van der Waals surface area contributed by atoms with E-state index in [1.807, 2.05) is 6.07 Å². The number of pyridine rings is 1. The van der Waals surface area contributed by atoms with Gasteiger partial charge in [0.15, 0.2) is 0 Å². The number of nitrogens with zero attached hydrogens (tertiary/aromatic N) is 5. The molecule has 0 aliphatic carbocycles. The lowest BCUT2D eigenvalue weighted by atomic mass is 10.0. The molecule has 1 N–H and O–H groups in total. The molecule has 0 unspecified atom stereocenters. The number of hydrogen-bond donors (Lipinski definition) is 1. The van der Waals surface area contributed by atoms with Gasteiger partial charge in [0.05, 0.1) is 40.1 Å². The second kappa shape index (κ2) is 9.61. The van der Waals surface area contributed by atoms with E-state index in [0.717, 1.165) is 21.3 Å². The number of aromatic nitrogens is 3. The summed E-state index contributed by atoms with van der Waals surface area (Å²) in [5.41, 5.74) is -4.43. The van der Waals surface area contributed by atoms with Crippen LogP contribution in [0.15, 0.2) is 46.2 Å². The Balaban J connectivity index is 2.14. The molecule has 1 aromatic carbocycles. The Kier molecular flexibility index (Phi) is 6.88. The Morgan fingerprint density at radius 1 is 1.22 bits per heavy atom. The van der Waals surface area contributed by atoms with Crippen molar-refractivity contribution in [2.24, 2.45) is 0 Å². The largest absolute Gasteiger partial charge is 0.382 e. The molecule has 0 saturated carbocycles. The molecule has 2 atom stereocenters. The highest BCUT2D eigenvalue weighted by Crippen LogP contribution is 2.37. The van der Waals surface area contributed by atoms with Gasteiger partial charge in [-0.05, 0) is 30.7 Å². The van der Waals surface area contributed by atoms with E-state index in [0.29, 0.717) is 0 Å². The van der Waals surface area contributed by atoms with E-state index in [9.17, 15) is 33.1 Å². The van der Waals surface area contributed by atoms with Crippen LogP contribution in [0.2, 0.25) is 10.0 Å². The number of rotatable bonds is 5. The van der Waals surface area contributed by atoms with Gasteiger partial charge < -0.3 is 10.0 Å². The second-order valence-electron chi connectivity index (χ2n) is 8.36. The fraction of sp³-hybridized carbons (Fsp3) is 0.304. The van der Waals surface area contributed by atoms with Crippen molar-refractivity contribution >= 4 is 29.0 Å². The van der Waals surface area contributed by atoms with Crippen LogP contribution < -0.4 is 16.1 Å². The highest BCUT2D eigenvalue weighted by molar-refractivity contribution is 6.31. The van der Waals surface area contributed by atoms with E-state index < -0.39 is 41.7 Å². The molecule has 36 heavy (non-hydrogen) atoms. The van der Waals surface area contributed by atoms with Crippen molar-refractivity contribution in [3.8, 4) is 22.9 Å². The number of hydrogen-bond acceptors (Lipinski definition) is 6. The first-order chi connectivity index (χ1) is 17.0. The zero-order valence-corrected chi connectivity index (χ0v) is 20.1. The van der Waals surface area contributed by atoms with Gasteiger partial charge in [0, 0.05) is 19.2 Å². The topological polar surface area (TPSA) is 104 Å². The molecule has 1 aliphatic rings. The van der Waals surface area contributed by atoms with Crippen molar-refractivity contribution < 1.29 is 18.3 Å². The van der Waals surface area contributed by atoms with Gasteiger partial charge in [-0.3, -0.25) is 14.3 Å². The molecular formula is C23H18Cl2F3N5O3. The van der Waals surface area contributed by atoms with Gasteiger partial charge in [-0.1, -0.05) is 29.3 Å². The number of β-amino-alcohol motifs (C(OH)–C–C–N with tert-alkyl or cyclic N) is 1. The van der Waals surface area contributed by atoms with Gasteiger partial charge in [0.25, 0.3) is 12.0 Å². The standard InChI is InChI=1S/C23H18Cl2F3N5O3/c1-12(8-29)32-19(31-5-4-23(36,11-31)21(27)28)18(13-2-3-17(26)16(25)6-13)20(34)33(22(32)35)15-7-14(24)9-30-10-15/h2-3,6-7,9-10,12,21,36H,4-5,11H2,1H3/t12-,23+/m0/s1. The highest BCUT2D eigenvalue weighted by atomic mass is 35.5. The Labute approximate surface area is 212 Å². The molecule has 8 nitrogen and oxygen atoms in total. The van der Waals surface area contributed by atoms with Crippen LogP contribution in [0.5, 0.6) is 0 Å². The number of benzene rings is 1. The molecule has 0 spiro atoms. The maximum Gasteiger partial charge on any atom is 0.338 e. The smallest absolute Gasteiger partial charge is 0.338 e. The molecule has 0 radical (unpaired) electrons. The van der Waals surface area contributed by atoms with Crippen molar-refractivity contribution in [3.05, 3.63) is 73.4 Å². The minimum atomic E-state index is -3.10. The molecule has 3 aromatic rings. The predicted molar refractivity (Wildman–Crippen MR) is 128 cm³/mol. The zero-order valence-electron chi connectivity index (χ0n) is 18.6. The molecule has 188 valence electrons. The third-order valence-corrected chi connectivity index (χ3v) is 6.48. The van der Waals surface area contributed by atoms with Crippen molar-refractivity contribution in [1.29, 1.82) is 5.26 Å². The zero-order chi connectivity index (χ0) is 26.4. The summed E-state index contributed by atoms with van der Waals surface area (Å²) in [5, 5.41) is 19.9. The Morgan fingerprint density at radius 2 is 1.94 bits per heavy atom. The van der Waals surface area contributed by atoms with Crippen LogP contribution in [-0.2, 0) is 0 Å². The quantitative estimate of drug-likeness (QED) is 0.528. The van der Waals surface area contributed by atoms with Crippen molar-refractivity contribution in [3.63, 3.8) is 0 Å². The minimum absolute atomic E-state index is 0.0112. The first kappa shape index (κ1) is 25.8. The lowest BCUT2D eigenvalue weighted by Crippen LogP contribution is -2.46. The molecular weight excluding hydrogens is 522 g/mol. The maximum absolute atomic E-state index is 14.0. The summed E-state index contributed by atoms with van der Waals surface area (Å²) < 4.78 is 42.9. The first-order valence-corrected chi connectivity index (χ1v) is 11.4. The monoisotopic (exact) mass is 539 g/mol. The van der Waals surface area contributed by atoms with E-state index >= 15 is 0 Å². The molecule has 2 aromatic heterocycles. The third-order valence-electron chi connectivity index (χ3n) is 5.98. The molecule has 0 bridgehead atoms. The predicted octanol–water partition coefficient (Wildman–Crippen LogP) is 3.80. The van der Waals surface area contributed by atoms with Crippen LogP contribution in [0.3, 0.4) is 0 Å². The van der Waals surface area contributed by atoms with Crippen LogP contribution in [-0.4, -0.2) is 44.3 Å². The third kappa shape index (κ3) is 4.36. The van der Waals surface area contributed by atoms with Gasteiger partial charge in [-0.2, -0.15) is 5.26 Å². The van der Waals surface area contributed by atoms with E-state index in [2.05, 4.69) is 4.98 Å². The Bertz CT molecular complexity index is 1500. The summed E-state index contributed by atoms with van der Waals surface area (Å²) >= 11 is 12.0. The molecule has 1 saturated heterocycles. The number of anilines is 1. The van der Waals surface area contributed by atoms with Crippen LogP contribution in [0.4, 0.5) is 19.0 Å². The number of alkyl halides is 2. The number of aliphatic hydroxyl groups is 1. The van der Waals surface area contributed by atoms with Gasteiger partial charge in [-0.25, -0.2) is 22.5 Å². The summed E-state index contributed by atoms with van der Waals surface area (Å²) in [4.78, 5) is 32.7. The lowest BCUT2D eigenvalue weighted by molar-refractivity contribution is -0.0801. The van der Waals surface area contributed by atoms with E-state index in [4.69, 9.17) is 23.2 Å². The van der Waals surface area contributed by atoms with Crippen molar-refractivity contribution in [2.45, 2.75) is 31.4 Å². The summed E-state index contributed by atoms with van der Waals surface area (Å²) in [6.45, 7) is 0.613. The molecule has 3 heterocycles. The summed E-state index contributed by atoms with van der Waals surface area (Å²) in [6.07, 6.45) is -0.956. The second-order valence-corrected chi connectivity index (χ2v) is 9.21. The average Bonchev–Trinajstić information content (AvgIpc) is 3.23. The van der Waals surface area contributed by atoms with E-state index in [1.165, 1.54) is 36.4 Å².